The van der Waals surface area contributed by atoms with E-state index in [4.69, 9.17) is 0 Å². The summed E-state index contributed by atoms with van der Waals surface area (Å²) in [5.41, 5.74) is 0. The van der Waals surface area contributed by atoms with E-state index >= 15 is 0 Å². The van der Waals surface area contributed by atoms with Gasteiger partial charge in [0.1, 0.15) is 26.2 Å². The van der Waals surface area contributed by atoms with Crippen molar-refractivity contribution in [2.24, 2.45) is 0 Å². The second-order valence-corrected chi connectivity index (χ2v) is 4.14. The minimum Gasteiger partial charge on any atom is -0.235 e. The van der Waals surface area contributed by atoms with E-state index in [1.807, 2.05) is 0 Å². The third kappa shape index (κ3) is 2.28. The largest absolute Gasteiger partial charge is 0.315 e. The fourth-order valence-electron chi connectivity index (χ4n) is 2.21. The molecule has 0 radical (unpaired) electrons. The van der Waals surface area contributed by atoms with Crippen molar-refractivity contribution in [1.82, 2.24) is 25.4 Å². The second kappa shape index (κ2) is 5.27. The molecule has 2 saturated heterocycles. The normalized spacial score (nSPS) is 19.8. The van der Waals surface area contributed by atoms with Gasteiger partial charge in [-0.1, -0.05) is 10.0 Å². The zero-order chi connectivity index (χ0) is 16.6. The van der Waals surface area contributed by atoms with E-state index in [1.54, 1.807) is 0 Å². The lowest BCUT2D eigenvalue weighted by molar-refractivity contribution is -0.848. The van der Waals surface area contributed by atoms with E-state index < -0.39 is 52.6 Å². The third-order valence-electron chi connectivity index (χ3n) is 3.07. The van der Waals surface area contributed by atoms with Crippen LogP contribution in [0.4, 0.5) is 0 Å². The Morgan fingerprint density at radius 3 is 1.27 bits per heavy atom. The lowest BCUT2D eigenvalue weighted by Gasteiger charge is -2.44. The van der Waals surface area contributed by atoms with Crippen molar-refractivity contribution in [1.29, 1.82) is 0 Å². The summed E-state index contributed by atoms with van der Waals surface area (Å²) in [6.07, 6.45) is -1.93. The number of fused-ring (bicyclic) bond motifs is 1. The molecular weight excluding hydrogens is 314 g/mol. The Balaban J connectivity index is 2.48. The first-order valence-electron chi connectivity index (χ1n) is 5.70. The number of hydrogen-bond donors (Lipinski definition) is 0. The smallest absolute Gasteiger partial charge is 0.235 e. The molecule has 0 aromatic rings. The standard InChI is InChI=1S/C5H9N9O8/c15-11(16)6-1-3-8(13(19)20)10-5(6)7(12(17)18)2-4-9(10)14(21)22/h5H,1-4H2. The fraction of sp³-hybridized carbons (Fsp3) is 1.00. The molecule has 2 aliphatic heterocycles. The Labute approximate surface area is 119 Å². The molecule has 22 heavy (non-hydrogen) atoms. The van der Waals surface area contributed by atoms with Crippen LogP contribution in [0.1, 0.15) is 0 Å². The van der Waals surface area contributed by atoms with Gasteiger partial charge in [0.2, 0.25) is 0 Å². The van der Waals surface area contributed by atoms with Crippen molar-refractivity contribution in [3.05, 3.63) is 40.5 Å². The quantitative estimate of drug-likeness (QED) is 0.387. The number of nitrogens with zero attached hydrogens (tertiary/aromatic N) is 9. The molecule has 0 aromatic heterocycles. The van der Waals surface area contributed by atoms with E-state index in [9.17, 15) is 40.5 Å². The molecule has 0 bridgehead atoms. The third-order valence-corrected chi connectivity index (χ3v) is 3.07. The van der Waals surface area contributed by atoms with Crippen molar-refractivity contribution in [3.63, 3.8) is 0 Å². The number of rotatable bonds is 4. The number of nitro groups is 4. The molecule has 0 aliphatic carbocycles. The molecular formula is C5H9N9O8. The van der Waals surface area contributed by atoms with Crippen LogP contribution in [0.3, 0.4) is 0 Å². The molecule has 17 nitrogen and oxygen atoms in total. The Hall–Kier alpha value is -3.24. The molecule has 0 aromatic carbocycles. The van der Waals surface area contributed by atoms with Crippen LogP contribution in [0.5, 0.6) is 0 Å². The van der Waals surface area contributed by atoms with Gasteiger partial charge < -0.3 is 0 Å². The summed E-state index contributed by atoms with van der Waals surface area (Å²) >= 11 is 0. The predicted octanol–water partition coefficient (Wildman–Crippen LogP) is -2.60. The van der Waals surface area contributed by atoms with Crippen molar-refractivity contribution in [2.45, 2.75) is 6.29 Å². The molecule has 17 heteroatoms. The van der Waals surface area contributed by atoms with E-state index in [0.717, 1.165) is 0 Å². The number of hydrogen-bond acceptors (Lipinski definition) is 9. The van der Waals surface area contributed by atoms with Crippen LogP contribution in [-0.2, 0) is 0 Å². The van der Waals surface area contributed by atoms with Gasteiger partial charge in [0.15, 0.2) is 20.1 Å². The maximum absolute atomic E-state index is 11.0. The van der Waals surface area contributed by atoms with Crippen molar-refractivity contribution in [2.75, 3.05) is 26.2 Å². The monoisotopic (exact) mass is 323 g/mol. The van der Waals surface area contributed by atoms with Gasteiger partial charge in [0, 0.05) is 5.12 Å². The Kier molecular flexibility index (Phi) is 3.63. The topological polar surface area (TPSA) is 189 Å². The van der Waals surface area contributed by atoms with E-state index in [1.165, 1.54) is 0 Å². The summed E-state index contributed by atoms with van der Waals surface area (Å²) < 4.78 is 0. The van der Waals surface area contributed by atoms with Gasteiger partial charge >= 0.3 is 6.29 Å². The highest BCUT2D eigenvalue weighted by Crippen LogP contribution is 2.25. The average Bonchev–Trinajstić information content (AvgIpc) is 2.43. The highest BCUT2D eigenvalue weighted by molar-refractivity contribution is 4.71. The molecule has 0 saturated carbocycles. The van der Waals surface area contributed by atoms with Gasteiger partial charge in [-0.15, -0.1) is 0 Å². The molecule has 0 atom stereocenters. The summed E-state index contributed by atoms with van der Waals surface area (Å²) in [5.74, 6) is 0. The zero-order valence-electron chi connectivity index (χ0n) is 10.7. The number of hydrazine groups is 6. The van der Waals surface area contributed by atoms with Crippen LogP contribution in [0.25, 0.3) is 0 Å². The van der Waals surface area contributed by atoms with Crippen molar-refractivity contribution in [3.8, 4) is 0 Å². The summed E-state index contributed by atoms with van der Waals surface area (Å²) in [6, 6.07) is 0. The molecule has 2 fully saturated rings. The minimum atomic E-state index is -1.93. The Morgan fingerprint density at radius 2 is 1.00 bits per heavy atom. The van der Waals surface area contributed by atoms with Crippen LogP contribution >= 0.6 is 0 Å². The van der Waals surface area contributed by atoms with Gasteiger partial charge in [0.25, 0.3) is 0 Å². The fourth-order valence-corrected chi connectivity index (χ4v) is 2.21. The molecule has 2 aliphatic rings. The Bertz CT molecular complexity index is 436. The Morgan fingerprint density at radius 1 is 0.636 bits per heavy atom. The van der Waals surface area contributed by atoms with Crippen molar-refractivity contribution >= 4 is 0 Å². The van der Waals surface area contributed by atoms with Crippen LogP contribution in [0.15, 0.2) is 0 Å². The van der Waals surface area contributed by atoms with Gasteiger partial charge in [-0.2, -0.15) is 0 Å². The van der Waals surface area contributed by atoms with Crippen LogP contribution in [0, 0.1) is 40.5 Å². The molecule has 0 amide bonds. The summed E-state index contributed by atoms with van der Waals surface area (Å²) in [5, 5.41) is 41.4. The van der Waals surface area contributed by atoms with Crippen molar-refractivity contribution < 1.29 is 20.1 Å². The molecule has 0 unspecified atom stereocenters. The lowest BCUT2D eigenvalue weighted by Crippen LogP contribution is -2.78. The maximum Gasteiger partial charge on any atom is 0.315 e. The molecule has 122 valence electrons. The van der Waals surface area contributed by atoms with Crippen LogP contribution in [-0.4, -0.2) is 78.0 Å². The summed E-state index contributed by atoms with van der Waals surface area (Å²) in [4.78, 5) is 44.0. The van der Waals surface area contributed by atoms with E-state index in [-0.39, 0.29) is 10.2 Å². The maximum atomic E-state index is 11.0. The average molecular weight is 323 g/mol. The van der Waals surface area contributed by atoms with Gasteiger partial charge in [-0.05, 0) is 10.2 Å². The second-order valence-electron chi connectivity index (χ2n) is 4.14. The molecule has 2 heterocycles. The van der Waals surface area contributed by atoms with E-state index in [2.05, 4.69) is 0 Å². The van der Waals surface area contributed by atoms with E-state index in [0.29, 0.717) is 15.1 Å². The molecule has 0 spiro atoms. The predicted molar refractivity (Wildman–Crippen MR) is 60.4 cm³/mol. The van der Waals surface area contributed by atoms with Crippen LogP contribution < -0.4 is 0 Å². The lowest BCUT2D eigenvalue weighted by atomic mass is 10.4. The molecule has 2 rings (SSSR count). The minimum absolute atomic E-state index is 0.239. The van der Waals surface area contributed by atoms with Gasteiger partial charge in [-0.25, -0.2) is 40.5 Å². The summed E-state index contributed by atoms with van der Waals surface area (Å²) in [7, 11) is 0. The SMILES string of the molecule is O=[N+]([O-])N1CCN([N+](=O)[O-])N2C1N([N+](=O)[O-])CCN2[N+](=O)[O-]. The first-order chi connectivity index (χ1) is 10.3. The van der Waals surface area contributed by atoms with Gasteiger partial charge in [0.05, 0.1) is 0 Å². The first-order valence-corrected chi connectivity index (χ1v) is 5.70. The highest BCUT2D eigenvalue weighted by Gasteiger charge is 2.60. The van der Waals surface area contributed by atoms with Gasteiger partial charge in [-0.3, -0.25) is 0 Å². The molecule has 0 N–H and O–H groups in total. The first kappa shape index (κ1) is 15.2. The van der Waals surface area contributed by atoms with Crippen LogP contribution in [0.2, 0.25) is 0 Å². The zero-order valence-corrected chi connectivity index (χ0v) is 10.7. The highest BCUT2D eigenvalue weighted by atomic mass is 16.7. The summed E-state index contributed by atoms with van der Waals surface area (Å²) in [6.45, 7) is -2.16.